The number of ether oxygens (including phenoxy) is 2. The van der Waals surface area contributed by atoms with Gasteiger partial charge in [0.2, 0.25) is 10.0 Å². The second-order valence-electron chi connectivity index (χ2n) is 6.58. The van der Waals surface area contributed by atoms with Crippen molar-refractivity contribution in [3.05, 3.63) is 46.2 Å². The maximum absolute atomic E-state index is 13.1. The minimum Gasteiger partial charge on any atom is -0.485 e. The molecule has 2 aliphatic heterocycles. The van der Waals surface area contributed by atoms with Crippen molar-refractivity contribution in [2.45, 2.75) is 23.3 Å². The zero-order valence-electron chi connectivity index (χ0n) is 14.5. The number of hydrogen-bond donors (Lipinski definition) is 0. The van der Waals surface area contributed by atoms with Crippen molar-refractivity contribution in [1.82, 2.24) is 4.31 Å². The van der Waals surface area contributed by atoms with E-state index in [9.17, 15) is 18.0 Å². The Hall–Kier alpha value is -2.23. The third-order valence-electron chi connectivity index (χ3n) is 4.90. The van der Waals surface area contributed by atoms with Gasteiger partial charge in [0.05, 0.1) is 25.6 Å². The molecule has 0 aliphatic carbocycles. The van der Waals surface area contributed by atoms with Crippen molar-refractivity contribution in [3.8, 4) is 5.75 Å². The monoisotopic (exact) mass is 407 g/mol. The molecule has 2 aliphatic rings. The van der Waals surface area contributed by atoms with E-state index in [2.05, 4.69) is 4.74 Å². The molecular weight excluding hydrogens is 390 g/mol. The SMILES string of the molecule is COC(=O)c1sccc1S(=O)(=O)N1CCC2(CC(=O)c3ccccc3O2)C1. The Morgan fingerprint density at radius 1 is 1.30 bits per heavy atom. The Morgan fingerprint density at radius 3 is 2.85 bits per heavy atom. The molecule has 0 saturated carbocycles. The lowest BCUT2D eigenvalue weighted by molar-refractivity contribution is 0.0498. The molecule has 0 radical (unpaired) electrons. The number of hydrogen-bond acceptors (Lipinski definition) is 7. The number of esters is 1. The Kier molecular flexibility index (Phi) is 4.32. The lowest BCUT2D eigenvalue weighted by atomic mass is 9.89. The van der Waals surface area contributed by atoms with E-state index in [0.29, 0.717) is 17.7 Å². The van der Waals surface area contributed by atoms with E-state index in [4.69, 9.17) is 4.74 Å². The molecule has 2 aromatic rings. The maximum Gasteiger partial charge on any atom is 0.349 e. The van der Waals surface area contributed by atoms with E-state index in [-0.39, 0.29) is 35.1 Å². The Morgan fingerprint density at radius 2 is 2.07 bits per heavy atom. The van der Waals surface area contributed by atoms with Crippen molar-refractivity contribution in [1.29, 1.82) is 0 Å². The number of ketones is 1. The highest BCUT2D eigenvalue weighted by Crippen LogP contribution is 2.40. The van der Waals surface area contributed by atoms with Gasteiger partial charge >= 0.3 is 5.97 Å². The average Bonchev–Trinajstić information content (AvgIpc) is 3.29. The van der Waals surface area contributed by atoms with Gasteiger partial charge in [-0.2, -0.15) is 4.31 Å². The van der Waals surface area contributed by atoms with Crippen LogP contribution in [0.3, 0.4) is 0 Å². The van der Waals surface area contributed by atoms with Gasteiger partial charge < -0.3 is 9.47 Å². The topological polar surface area (TPSA) is 90.0 Å². The van der Waals surface area contributed by atoms with Crippen LogP contribution in [0.1, 0.15) is 32.9 Å². The molecule has 1 spiro atoms. The normalized spacial score (nSPS) is 22.5. The molecule has 1 aromatic heterocycles. The summed E-state index contributed by atoms with van der Waals surface area (Å²) in [6.07, 6.45) is 0.535. The third kappa shape index (κ3) is 2.95. The van der Waals surface area contributed by atoms with Gasteiger partial charge in [-0.05, 0) is 23.6 Å². The number of benzene rings is 1. The van der Waals surface area contributed by atoms with Crippen molar-refractivity contribution in [3.63, 3.8) is 0 Å². The summed E-state index contributed by atoms with van der Waals surface area (Å²) in [5.74, 6) is -0.254. The molecule has 4 rings (SSSR count). The second kappa shape index (κ2) is 6.43. The predicted molar refractivity (Wildman–Crippen MR) is 97.8 cm³/mol. The number of carbonyl (C=O) groups is 2. The van der Waals surface area contributed by atoms with Crippen LogP contribution < -0.4 is 4.74 Å². The molecule has 1 saturated heterocycles. The summed E-state index contributed by atoms with van der Waals surface area (Å²) in [5.41, 5.74) is -0.352. The first kappa shape index (κ1) is 18.1. The highest BCUT2D eigenvalue weighted by molar-refractivity contribution is 7.89. The van der Waals surface area contributed by atoms with E-state index < -0.39 is 21.6 Å². The second-order valence-corrected chi connectivity index (χ2v) is 9.40. The minimum absolute atomic E-state index is 0.0458. The van der Waals surface area contributed by atoms with E-state index in [1.807, 2.05) is 0 Å². The number of sulfonamides is 1. The van der Waals surface area contributed by atoms with Crippen molar-refractivity contribution in [2.24, 2.45) is 0 Å². The number of carbonyl (C=O) groups excluding carboxylic acids is 2. The number of nitrogens with zero attached hydrogens (tertiary/aromatic N) is 1. The third-order valence-corrected chi connectivity index (χ3v) is 7.81. The van der Waals surface area contributed by atoms with E-state index in [1.165, 1.54) is 17.5 Å². The molecule has 1 fully saturated rings. The van der Waals surface area contributed by atoms with Crippen LogP contribution in [0.5, 0.6) is 5.75 Å². The van der Waals surface area contributed by atoms with Crippen LogP contribution >= 0.6 is 11.3 Å². The molecule has 1 unspecified atom stereocenters. The van der Waals surface area contributed by atoms with Gasteiger partial charge in [0.25, 0.3) is 0 Å². The summed E-state index contributed by atoms with van der Waals surface area (Å²) in [7, 11) is -2.69. The molecule has 0 amide bonds. The number of fused-ring (bicyclic) bond motifs is 1. The van der Waals surface area contributed by atoms with Crippen LogP contribution in [0.15, 0.2) is 40.6 Å². The van der Waals surface area contributed by atoms with Gasteiger partial charge in [0.15, 0.2) is 5.78 Å². The van der Waals surface area contributed by atoms with Gasteiger partial charge in [0, 0.05) is 13.0 Å². The number of methoxy groups -OCH3 is 1. The van der Waals surface area contributed by atoms with Crippen molar-refractivity contribution in [2.75, 3.05) is 20.2 Å². The summed E-state index contributed by atoms with van der Waals surface area (Å²) in [5, 5.41) is 1.54. The Balaban J connectivity index is 1.63. The number of thiophene rings is 1. The average molecular weight is 407 g/mol. The molecule has 9 heteroatoms. The first-order valence-electron chi connectivity index (χ1n) is 8.33. The first-order valence-corrected chi connectivity index (χ1v) is 10.7. The molecule has 27 heavy (non-hydrogen) atoms. The van der Waals surface area contributed by atoms with Crippen LogP contribution in [-0.2, 0) is 14.8 Å². The largest absolute Gasteiger partial charge is 0.485 e. The van der Waals surface area contributed by atoms with Crippen molar-refractivity contribution >= 4 is 33.1 Å². The van der Waals surface area contributed by atoms with Crippen LogP contribution in [0, 0.1) is 0 Å². The zero-order chi connectivity index (χ0) is 19.2. The summed E-state index contributed by atoms with van der Waals surface area (Å²) in [4.78, 5) is 24.4. The number of para-hydroxylation sites is 1. The zero-order valence-corrected chi connectivity index (χ0v) is 16.1. The first-order chi connectivity index (χ1) is 12.9. The van der Waals surface area contributed by atoms with Gasteiger partial charge in [-0.1, -0.05) is 12.1 Å². The molecule has 3 heterocycles. The van der Waals surface area contributed by atoms with Crippen LogP contribution in [0.25, 0.3) is 0 Å². The molecular formula is C18H17NO6S2. The van der Waals surface area contributed by atoms with E-state index in [0.717, 1.165) is 11.3 Å². The fourth-order valence-electron chi connectivity index (χ4n) is 3.57. The molecule has 142 valence electrons. The number of rotatable bonds is 3. The smallest absolute Gasteiger partial charge is 0.349 e. The standard InChI is InChI=1S/C18H17NO6S2/c1-24-17(21)16-15(6-9-26-16)27(22,23)19-8-7-18(11-19)10-13(20)12-4-2-3-5-14(12)25-18/h2-6,9H,7-8,10-11H2,1H3. The summed E-state index contributed by atoms with van der Waals surface area (Å²) in [6.45, 7) is 0.278. The molecule has 0 bridgehead atoms. The Bertz CT molecular complexity index is 1030. The van der Waals surface area contributed by atoms with E-state index in [1.54, 1.807) is 29.6 Å². The van der Waals surface area contributed by atoms with Gasteiger partial charge in [-0.15, -0.1) is 11.3 Å². The highest BCUT2D eigenvalue weighted by Gasteiger charge is 2.49. The fourth-order valence-corrected chi connectivity index (χ4v) is 6.39. The van der Waals surface area contributed by atoms with Gasteiger partial charge in [-0.25, -0.2) is 13.2 Å². The lowest BCUT2D eigenvalue weighted by Gasteiger charge is -2.34. The van der Waals surface area contributed by atoms with Gasteiger partial charge in [-0.3, -0.25) is 4.79 Å². The summed E-state index contributed by atoms with van der Waals surface area (Å²) < 4.78 is 38.2. The maximum atomic E-state index is 13.1. The minimum atomic E-state index is -3.90. The molecule has 1 atom stereocenters. The molecule has 7 nitrogen and oxygen atoms in total. The van der Waals surface area contributed by atoms with E-state index >= 15 is 0 Å². The number of Topliss-reactive ketones (excluding diaryl/α,β-unsaturated/α-hetero) is 1. The highest BCUT2D eigenvalue weighted by atomic mass is 32.2. The quantitative estimate of drug-likeness (QED) is 0.726. The van der Waals surface area contributed by atoms with Crippen LogP contribution in [0.4, 0.5) is 0 Å². The van der Waals surface area contributed by atoms with Gasteiger partial charge in [0.1, 0.15) is 21.1 Å². The van der Waals surface area contributed by atoms with Crippen LogP contribution in [-0.4, -0.2) is 50.3 Å². The lowest BCUT2D eigenvalue weighted by Crippen LogP contribution is -2.45. The summed E-state index contributed by atoms with van der Waals surface area (Å²) in [6, 6.07) is 8.39. The predicted octanol–water partition coefficient (Wildman–Crippen LogP) is 2.33. The molecule has 1 aromatic carbocycles. The summed E-state index contributed by atoms with van der Waals surface area (Å²) >= 11 is 1.02. The van der Waals surface area contributed by atoms with Crippen LogP contribution in [0.2, 0.25) is 0 Å². The Labute approximate surface area is 160 Å². The fraction of sp³-hybridized carbons (Fsp3) is 0.333. The van der Waals surface area contributed by atoms with Crippen molar-refractivity contribution < 1.29 is 27.5 Å². The molecule has 0 N–H and O–H groups in total.